The van der Waals surface area contributed by atoms with Crippen LogP contribution in [0.3, 0.4) is 0 Å². The molecule has 1 aliphatic rings. The van der Waals surface area contributed by atoms with Gasteiger partial charge in [0.2, 0.25) is 0 Å². The van der Waals surface area contributed by atoms with Gasteiger partial charge in [-0.3, -0.25) is 4.79 Å². The fourth-order valence-electron chi connectivity index (χ4n) is 2.79. The van der Waals surface area contributed by atoms with Gasteiger partial charge in [-0.25, -0.2) is 15.0 Å². The van der Waals surface area contributed by atoms with Crippen molar-refractivity contribution in [3.63, 3.8) is 0 Å². The summed E-state index contributed by atoms with van der Waals surface area (Å²) in [7, 11) is 0. The van der Waals surface area contributed by atoms with Gasteiger partial charge in [-0.1, -0.05) is 0 Å². The molecule has 1 saturated heterocycles. The molecule has 2 aromatic rings. The number of carbonyl (C=O) groups excluding carboxylic acids is 1. The molecule has 2 unspecified atom stereocenters. The van der Waals surface area contributed by atoms with Gasteiger partial charge in [0, 0.05) is 31.0 Å². The molecule has 0 N–H and O–H groups in total. The van der Waals surface area contributed by atoms with Gasteiger partial charge in [-0.2, -0.15) is 0 Å². The summed E-state index contributed by atoms with van der Waals surface area (Å²) >= 11 is 0. The van der Waals surface area contributed by atoms with Crippen molar-refractivity contribution in [2.75, 3.05) is 18.0 Å². The number of rotatable bonds is 3. The van der Waals surface area contributed by atoms with Crippen LogP contribution < -0.4 is 4.90 Å². The van der Waals surface area contributed by atoms with Crippen LogP contribution in [0.4, 0.5) is 5.69 Å². The van der Waals surface area contributed by atoms with E-state index in [0.29, 0.717) is 11.4 Å². The van der Waals surface area contributed by atoms with Crippen molar-refractivity contribution in [1.29, 1.82) is 0 Å². The quantitative estimate of drug-likeness (QED) is 0.807. The fraction of sp³-hybridized carbons (Fsp3) is 0.375. The SMILES string of the molecule is CC1CN(c2ccc(-c3cncnc3)nc2C=O)CC(C)O1. The van der Waals surface area contributed by atoms with E-state index in [0.717, 1.165) is 30.6 Å². The summed E-state index contributed by atoms with van der Waals surface area (Å²) in [4.78, 5) is 26.0. The summed E-state index contributed by atoms with van der Waals surface area (Å²) in [6.45, 7) is 5.57. The summed E-state index contributed by atoms with van der Waals surface area (Å²) in [5.74, 6) is 0. The highest BCUT2D eigenvalue weighted by Gasteiger charge is 2.24. The topological polar surface area (TPSA) is 68.2 Å². The van der Waals surface area contributed by atoms with Gasteiger partial charge in [0.15, 0.2) is 6.29 Å². The van der Waals surface area contributed by atoms with Crippen LogP contribution in [0.5, 0.6) is 0 Å². The third kappa shape index (κ3) is 2.96. The maximum atomic E-state index is 11.5. The number of anilines is 1. The highest BCUT2D eigenvalue weighted by atomic mass is 16.5. The van der Waals surface area contributed by atoms with E-state index in [-0.39, 0.29) is 12.2 Å². The molecule has 0 radical (unpaired) electrons. The number of aromatic nitrogens is 3. The second-order valence-electron chi connectivity index (χ2n) is 5.51. The second kappa shape index (κ2) is 6.19. The summed E-state index contributed by atoms with van der Waals surface area (Å²) < 4.78 is 5.74. The number of nitrogens with zero attached hydrogens (tertiary/aromatic N) is 4. The minimum atomic E-state index is 0.130. The molecule has 0 aliphatic carbocycles. The van der Waals surface area contributed by atoms with Crippen LogP contribution in [-0.2, 0) is 4.74 Å². The van der Waals surface area contributed by atoms with E-state index in [4.69, 9.17) is 4.74 Å². The highest BCUT2D eigenvalue weighted by molar-refractivity contribution is 5.83. The van der Waals surface area contributed by atoms with Crippen molar-refractivity contribution in [3.05, 3.63) is 36.5 Å². The van der Waals surface area contributed by atoms with Crippen LogP contribution in [-0.4, -0.2) is 46.5 Å². The summed E-state index contributed by atoms with van der Waals surface area (Å²) in [6, 6.07) is 3.83. The van der Waals surface area contributed by atoms with Gasteiger partial charge in [0.25, 0.3) is 0 Å². The lowest BCUT2D eigenvalue weighted by atomic mass is 10.1. The number of pyridine rings is 1. The molecule has 2 atom stereocenters. The van der Waals surface area contributed by atoms with E-state index in [1.165, 1.54) is 6.33 Å². The molecule has 3 heterocycles. The molecule has 0 spiro atoms. The summed E-state index contributed by atoms with van der Waals surface area (Å²) in [5.41, 5.74) is 2.77. The van der Waals surface area contributed by atoms with E-state index >= 15 is 0 Å². The molecule has 6 nitrogen and oxygen atoms in total. The Balaban J connectivity index is 1.94. The normalized spacial score (nSPS) is 21.6. The maximum Gasteiger partial charge on any atom is 0.170 e. The Hall–Kier alpha value is -2.34. The maximum absolute atomic E-state index is 11.5. The van der Waals surface area contributed by atoms with Gasteiger partial charge < -0.3 is 9.64 Å². The smallest absolute Gasteiger partial charge is 0.170 e. The standard InChI is InChI=1S/C16H18N4O2/c1-11-7-20(8-12(2)22-11)16-4-3-14(19-15(16)9-21)13-5-17-10-18-6-13/h3-6,9-12H,7-8H2,1-2H3. The minimum absolute atomic E-state index is 0.130. The molecular formula is C16H18N4O2. The van der Waals surface area contributed by atoms with E-state index in [1.54, 1.807) is 12.4 Å². The lowest BCUT2D eigenvalue weighted by Gasteiger charge is -2.37. The zero-order valence-electron chi connectivity index (χ0n) is 12.6. The molecule has 1 fully saturated rings. The van der Waals surface area contributed by atoms with Crippen LogP contribution in [0.25, 0.3) is 11.3 Å². The lowest BCUT2D eigenvalue weighted by molar-refractivity contribution is -0.00527. The van der Waals surface area contributed by atoms with Crippen molar-refractivity contribution in [1.82, 2.24) is 15.0 Å². The number of aldehydes is 1. The highest BCUT2D eigenvalue weighted by Crippen LogP contribution is 2.25. The lowest BCUT2D eigenvalue weighted by Crippen LogP contribution is -2.45. The molecule has 6 heteroatoms. The third-order valence-electron chi connectivity index (χ3n) is 3.63. The zero-order valence-corrected chi connectivity index (χ0v) is 12.6. The number of carbonyl (C=O) groups is 1. The predicted molar refractivity (Wildman–Crippen MR) is 82.9 cm³/mol. The summed E-state index contributed by atoms with van der Waals surface area (Å²) in [5, 5.41) is 0. The number of hydrogen-bond donors (Lipinski definition) is 0. The first-order chi connectivity index (χ1) is 10.7. The molecule has 0 amide bonds. The molecule has 0 bridgehead atoms. The first-order valence-corrected chi connectivity index (χ1v) is 7.29. The Kier molecular flexibility index (Phi) is 4.11. The fourth-order valence-corrected chi connectivity index (χ4v) is 2.79. The molecular weight excluding hydrogens is 280 g/mol. The Labute approximate surface area is 129 Å². The van der Waals surface area contributed by atoms with Crippen LogP contribution >= 0.6 is 0 Å². The number of morpholine rings is 1. The molecule has 22 heavy (non-hydrogen) atoms. The van der Waals surface area contributed by atoms with Crippen molar-refractivity contribution in [3.8, 4) is 11.3 Å². The van der Waals surface area contributed by atoms with Crippen molar-refractivity contribution in [2.45, 2.75) is 26.1 Å². The van der Waals surface area contributed by atoms with E-state index < -0.39 is 0 Å². The van der Waals surface area contributed by atoms with Gasteiger partial charge in [-0.15, -0.1) is 0 Å². The van der Waals surface area contributed by atoms with Crippen molar-refractivity contribution >= 4 is 12.0 Å². The first-order valence-electron chi connectivity index (χ1n) is 7.29. The molecule has 0 aromatic carbocycles. The third-order valence-corrected chi connectivity index (χ3v) is 3.63. The molecule has 3 rings (SSSR count). The van der Waals surface area contributed by atoms with Crippen LogP contribution in [0.1, 0.15) is 24.3 Å². The Bertz CT molecular complexity index is 652. The van der Waals surface area contributed by atoms with E-state index in [9.17, 15) is 4.79 Å². The van der Waals surface area contributed by atoms with E-state index in [1.807, 2.05) is 26.0 Å². The van der Waals surface area contributed by atoms with Crippen LogP contribution in [0, 0.1) is 0 Å². The van der Waals surface area contributed by atoms with Crippen molar-refractivity contribution in [2.24, 2.45) is 0 Å². The molecule has 2 aromatic heterocycles. The number of ether oxygens (including phenoxy) is 1. The van der Waals surface area contributed by atoms with Crippen LogP contribution in [0.15, 0.2) is 30.9 Å². The van der Waals surface area contributed by atoms with Gasteiger partial charge in [0.1, 0.15) is 12.0 Å². The Morgan fingerprint density at radius 2 is 1.86 bits per heavy atom. The molecule has 0 saturated carbocycles. The summed E-state index contributed by atoms with van der Waals surface area (Å²) in [6.07, 6.45) is 5.89. The largest absolute Gasteiger partial charge is 0.372 e. The first kappa shape index (κ1) is 14.6. The average Bonchev–Trinajstić information content (AvgIpc) is 2.54. The second-order valence-corrected chi connectivity index (χ2v) is 5.51. The monoisotopic (exact) mass is 298 g/mol. The zero-order chi connectivity index (χ0) is 15.5. The molecule has 114 valence electrons. The molecule has 1 aliphatic heterocycles. The van der Waals surface area contributed by atoms with Gasteiger partial charge >= 0.3 is 0 Å². The van der Waals surface area contributed by atoms with Crippen molar-refractivity contribution < 1.29 is 9.53 Å². The Morgan fingerprint density at radius 1 is 1.18 bits per heavy atom. The average molecular weight is 298 g/mol. The number of hydrogen-bond acceptors (Lipinski definition) is 6. The van der Waals surface area contributed by atoms with Crippen LogP contribution in [0.2, 0.25) is 0 Å². The predicted octanol–water partition coefficient (Wildman–Crippen LogP) is 1.96. The van der Waals surface area contributed by atoms with Gasteiger partial charge in [0.05, 0.1) is 23.6 Å². The minimum Gasteiger partial charge on any atom is -0.372 e. The van der Waals surface area contributed by atoms with E-state index in [2.05, 4.69) is 19.9 Å². The Morgan fingerprint density at radius 3 is 2.50 bits per heavy atom. The van der Waals surface area contributed by atoms with Gasteiger partial charge in [-0.05, 0) is 26.0 Å².